The second-order valence-electron chi connectivity index (χ2n) is 4.69. The normalized spacial score (nSPS) is 11.2. The minimum Gasteiger partial charge on any atom is -0.465 e. The molecule has 132 valence electrons. The van der Waals surface area contributed by atoms with Crippen LogP contribution in [0.15, 0.2) is 40.4 Å². The van der Waals surface area contributed by atoms with Gasteiger partial charge in [0, 0.05) is 34.3 Å². The first kappa shape index (κ1) is 19.1. The van der Waals surface area contributed by atoms with E-state index >= 15 is 0 Å². The lowest BCUT2D eigenvalue weighted by Gasteiger charge is -2.18. The Kier molecular flexibility index (Phi) is 5.91. The summed E-state index contributed by atoms with van der Waals surface area (Å²) in [6, 6.07) is 3.27. The fraction of sp³-hybridized carbons (Fsp3) is 0.133. The number of carbonyl (C=O) groups excluding carboxylic acids is 1. The summed E-state index contributed by atoms with van der Waals surface area (Å²) in [5.74, 6) is 0. The van der Waals surface area contributed by atoms with Gasteiger partial charge in [-0.05, 0) is 23.8 Å². The van der Waals surface area contributed by atoms with Crippen LogP contribution in [0.5, 0.6) is 0 Å². The van der Waals surface area contributed by atoms with Crippen LogP contribution in [0.3, 0.4) is 0 Å². The van der Waals surface area contributed by atoms with Crippen molar-refractivity contribution in [2.75, 3.05) is 0 Å². The lowest BCUT2D eigenvalue weighted by molar-refractivity contribution is -0.138. The summed E-state index contributed by atoms with van der Waals surface area (Å²) in [5.41, 5.74) is -1.11. The number of carboxylic acid groups (broad SMARTS) is 1. The third-order valence-electron chi connectivity index (χ3n) is 3.09. The number of halogens is 4. The summed E-state index contributed by atoms with van der Waals surface area (Å²) in [5, 5.41) is 10.6. The maximum absolute atomic E-state index is 13.3. The number of aldehydes is 1. The number of aromatic nitrogens is 1. The quantitative estimate of drug-likeness (QED) is 0.735. The molecule has 0 unspecified atom stereocenters. The fourth-order valence-corrected chi connectivity index (χ4v) is 3.33. The molecule has 0 radical (unpaired) electrons. The summed E-state index contributed by atoms with van der Waals surface area (Å²) in [6.45, 7) is -0.593. The Balaban J connectivity index is 2.58. The van der Waals surface area contributed by atoms with E-state index < -0.39 is 24.4 Å². The van der Waals surface area contributed by atoms with Gasteiger partial charge in [0.2, 0.25) is 0 Å². The zero-order valence-corrected chi connectivity index (χ0v) is 13.9. The number of hydrogen-bond donors (Lipinski definition) is 2. The lowest BCUT2D eigenvalue weighted by atomic mass is 10.1. The van der Waals surface area contributed by atoms with Crippen molar-refractivity contribution in [2.45, 2.75) is 22.5 Å². The van der Waals surface area contributed by atoms with E-state index in [-0.39, 0.29) is 21.0 Å². The van der Waals surface area contributed by atoms with Crippen LogP contribution in [0.25, 0.3) is 0 Å². The molecule has 0 saturated carbocycles. The van der Waals surface area contributed by atoms with E-state index in [9.17, 15) is 22.8 Å². The molecule has 0 saturated heterocycles. The van der Waals surface area contributed by atoms with E-state index in [2.05, 4.69) is 4.98 Å². The molecule has 2 rings (SSSR count). The summed E-state index contributed by atoms with van der Waals surface area (Å²) < 4.78 is 39.8. The standard InChI is InChI=1S/C15H10ClF3N2O3S/c16-11-2-1-10(15(17,18)19)9(5-21-14(23)24)13(11)25-12-6-20-4-3-8(12)7-22/h1-4,6-7,21H,5H2,(H,23,24). The number of hydrogen-bond acceptors (Lipinski definition) is 4. The molecule has 0 aliphatic carbocycles. The Bertz CT molecular complexity index is 815. The molecule has 1 aromatic heterocycles. The van der Waals surface area contributed by atoms with E-state index in [1.54, 1.807) is 0 Å². The van der Waals surface area contributed by atoms with Gasteiger partial charge in [-0.1, -0.05) is 23.4 Å². The summed E-state index contributed by atoms with van der Waals surface area (Å²) in [6.07, 6.45) is -2.94. The van der Waals surface area contributed by atoms with E-state index in [0.717, 1.165) is 23.9 Å². The fourth-order valence-electron chi connectivity index (χ4n) is 2.00. The zero-order chi connectivity index (χ0) is 18.6. The molecule has 2 N–H and O–H groups in total. The van der Waals surface area contributed by atoms with Crippen LogP contribution in [0.1, 0.15) is 21.5 Å². The third-order valence-corrected chi connectivity index (χ3v) is 4.75. The van der Waals surface area contributed by atoms with Crippen molar-refractivity contribution >= 4 is 35.7 Å². The third kappa shape index (κ3) is 4.64. The number of nitrogens with zero attached hydrogens (tertiary/aromatic N) is 1. The number of nitrogens with one attached hydrogen (secondary N) is 1. The van der Waals surface area contributed by atoms with E-state index in [4.69, 9.17) is 16.7 Å². The first-order valence-corrected chi connectivity index (χ1v) is 7.86. The van der Waals surface area contributed by atoms with Crippen molar-refractivity contribution in [3.8, 4) is 0 Å². The van der Waals surface area contributed by atoms with Crippen LogP contribution in [-0.2, 0) is 12.7 Å². The average molecular weight is 391 g/mol. The molecule has 0 aliphatic rings. The van der Waals surface area contributed by atoms with E-state index in [1.807, 2.05) is 5.32 Å². The van der Waals surface area contributed by atoms with Crippen LogP contribution in [0, 0.1) is 0 Å². The molecular weight excluding hydrogens is 381 g/mol. The smallest absolute Gasteiger partial charge is 0.416 e. The molecule has 1 aromatic carbocycles. The molecule has 0 aliphatic heterocycles. The number of carbonyl (C=O) groups is 2. The summed E-state index contributed by atoms with van der Waals surface area (Å²) in [4.78, 5) is 25.9. The van der Waals surface area contributed by atoms with Gasteiger partial charge in [-0.25, -0.2) is 4.79 Å². The number of rotatable bonds is 5. The maximum Gasteiger partial charge on any atom is 0.416 e. The van der Waals surface area contributed by atoms with Gasteiger partial charge in [0.25, 0.3) is 0 Å². The topological polar surface area (TPSA) is 79.3 Å². The highest BCUT2D eigenvalue weighted by Gasteiger charge is 2.35. The van der Waals surface area contributed by atoms with E-state index in [1.165, 1.54) is 18.5 Å². The van der Waals surface area contributed by atoms with Crippen molar-refractivity contribution in [2.24, 2.45) is 0 Å². The van der Waals surface area contributed by atoms with E-state index in [0.29, 0.717) is 11.2 Å². The number of pyridine rings is 1. The Morgan fingerprint density at radius 2 is 2.08 bits per heavy atom. The second kappa shape index (κ2) is 7.75. The Morgan fingerprint density at radius 1 is 1.36 bits per heavy atom. The van der Waals surface area contributed by atoms with Crippen molar-refractivity contribution in [1.29, 1.82) is 0 Å². The molecule has 10 heteroatoms. The van der Waals surface area contributed by atoms with Gasteiger partial charge in [0.15, 0.2) is 6.29 Å². The van der Waals surface area contributed by atoms with Crippen molar-refractivity contribution < 1.29 is 27.9 Å². The Labute approximate surface area is 149 Å². The van der Waals surface area contributed by atoms with Gasteiger partial charge in [0.1, 0.15) is 0 Å². The van der Waals surface area contributed by atoms with Gasteiger partial charge in [0.05, 0.1) is 10.6 Å². The predicted octanol–water partition coefficient (Wildman–Crippen LogP) is 4.49. The van der Waals surface area contributed by atoms with Gasteiger partial charge in [-0.15, -0.1) is 0 Å². The Hall–Kier alpha value is -2.26. The first-order valence-electron chi connectivity index (χ1n) is 6.66. The lowest BCUT2D eigenvalue weighted by Crippen LogP contribution is -2.23. The molecule has 0 spiro atoms. The molecule has 25 heavy (non-hydrogen) atoms. The summed E-state index contributed by atoms with van der Waals surface area (Å²) >= 11 is 6.86. The highest BCUT2D eigenvalue weighted by atomic mass is 35.5. The molecule has 0 bridgehead atoms. The SMILES string of the molecule is O=Cc1ccncc1Sc1c(Cl)ccc(C(F)(F)F)c1CNC(=O)O. The van der Waals surface area contributed by atoms with Crippen LogP contribution in [-0.4, -0.2) is 22.5 Å². The molecule has 1 amide bonds. The monoisotopic (exact) mass is 390 g/mol. The minimum atomic E-state index is -4.70. The number of alkyl halides is 3. The van der Waals surface area contributed by atoms with Crippen LogP contribution < -0.4 is 5.32 Å². The second-order valence-corrected chi connectivity index (χ2v) is 6.15. The van der Waals surface area contributed by atoms with Crippen molar-refractivity contribution in [3.05, 3.63) is 52.3 Å². The molecule has 2 aromatic rings. The van der Waals surface area contributed by atoms with Gasteiger partial charge >= 0.3 is 12.3 Å². The van der Waals surface area contributed by atoms with Crippen LogP contribution in [0.4, 0.5) is 18.0 Å². The molecule has 0 fully saturated rings. The predicted molar refractivity (Wildman–Crippen MR) is 85.1 cm³/mol. The summed E-state index contributed by atoms with van der Waals surface area (Å²) in [7, 11) is 0. The molecule has 1 heterocycles. The average Bonchev–Trinajstić information content (AvgIpc) is 2.54. The zero-order valence-electron chi connectivity index (χ0n) is 12.3. The molecular formula is C15H10ClF3N2O3S. The highest BCUT2D eigenvalue weighted by Crippen LogP contribution is 2.42. The van der Waals surface area contributed by atoms with Crippen LogP contribution >= 0.6 is 23.4 Å². The molecule has 0 atom stereocenters. The minimum absolute atomic E-state index is 0.000825. The highest BCUT2D eigenvalue weighted by molar-refractivity contribution is 7.99. The Morgan fingerprint density at radius 3 is 2.68 bits per heavy atom. The first-order chi connectivity index (χ1) is 11.7. The van der Waals surface area contributed by atoms with Gasteiger partial charge in [-0.2, -0.15) is 13.2 Å². The van der Waals surface area contributed by atoms with Gasteiger partial charge in [-0.3, -0.25) is 9.78 Å². The van der Waals surface area contributed by atoms with Crippen LogP contribution in [0.2, 0.25) is 5.02 Å². The largest absolute Gasteiger partial charge is 0.465 e. The van der Waals surface area contributed by atoms with Crippen molar-refractivity contribution in [3.63, 3.8) is 0 Å². The van der Waals surface area contributed by atoms with Crippen molar-refractivity contribution in [1.82, 2.24) is 10.3 Å². The molecule has 5 nitrogen and oxygen atoms in total. The number of amides is 1. The van der Waals surface area contributed by atoms with Gasteiger partial charge < -0.3 is 10.4 Å². The maximum atomic E-state index is 13.3. The number of benzene rings is 1.